The number of fused-ring (bicyclic) bond motifs is 1. The maximum Gasteiger partial charge on any atom is 0.422 e. The average Bonchev–Trinajstić information content (AvgIpc) is 2.90. The zero-order valence-corrected chi connectivity index (χ0v) is 17.6. The topological polar surface area (TPSA) is 47.0 Å². The third-order valence-electron chi connectivity index (χ3n) is 5.33. The van der Waals surface area contributed by atoms with E-state index in [0.29, 0.717) is 18.5 Å². The van der Waals surface area contributed by atoms with Crippen LogP contribution in [0.2, 0.25) is 0 Å². The van der Waals surface area contributed by atoms with Crippen LogP contribution in [0.4, 0.5) is 23.4 Å². The largest absolute Gasteiger partial charge is 0.485 e. The van der Waals surface area contributed by atoms with Crippen molar-refractivity contribution in [1.82, 2.24) is 9.97 Å². The SMILES string of the molecule is FC1C=C(CC2CCNc3ncc(-c4cccnc4)cc32)C(Cl)=CC=C1OCC(F)(F)F. The van der Waals surface area contributed by atoms with Crippen molar-refractivity contribution in [3.8, 4) is 11.1 Å². The second kappa shape index (κ2) is 9.32. The molecule has 0 saturated heterocycles. The smallest absolute Gasteiger partial charge is 0.422 e. The van der Waals surface area contributed by atoms with Gasteiger partial charge in [-0.2, -0.15) is 13.2 Å². The molecule has 2 aliphatic rings. The number of aromatic nitrogens is 2. The number of alkyl halides is 4. The Labute approximate surface area is 187 Å². The van der Waals surface area contributed by atoms with E-state index in [2.05, 4.69) is 20.0 Å². The number of anilines is 1. The van der Waals surface area contributed by atoms with Crippen molar-refractivity contribution in [1.29, 1.82) is 0 Å². The number of ether oxygens (including phenoxy) is 1. The van der Waals surface area contributed by atoms with E-state index < -0.39 is 24.7 Å². The zero-order valence-electron chi connectivity index (χ0n) is 16.9. The predicted molar refractivity (Wildman–Crippen MR) is 115 cm³/mol. The normalized spacial score (nSPS) is 20.8. The van der Waals surface area contributed by atoms with Gasteiger partial charge in [0.1, 0.15) is 11.6 Å². The zero-order chi connectivity index (χ0) is 22.7. The minimum atomic E-state index is -4.55. The van der Waals surface area contributed by atoms with Gasteiger partial charge in [-0.3, -0.25) is 4.98 Å². The number of nitrogens with zero attached hydrogens (tertiary/aromatic N) is 2. The van der Waals surface area contributed by atoms with Crippen LogP contribution in [0.5, 0.6) is 0 Å². The molecule has 1 aliphatic carbocycles. The number of allylic oxidation sites excluding steroid dienone is 5. The van der Waals surface area contributed by atoms with Crippen LogP contribution >= 0.6 is 11.6 Å². The lowest BCUT2D eigenvalue weighted by Gasteiger charge is -2.27. The quantitative estimate of drug-likeness (QED) is 0.527. The van der Waals surface area contributed by atoms with Gasteiger partial charge in [0.25, 0.3) is 0 Å². The number of hydrogen-bond acceptors (Lipinski definition) is 4. The highest BCUT2D eigenvalue weighted by molar-refractivity contribution is 6.32. The first-order valence-corrected chi connectivity index (χ1v) is 10.4. The lowest BCUT2D eigenvalue weighted by atomic mass is 9.86. The molecule has 0 aromatic carbocycles. The molecule has 2 atom stereocenters. The van der Waals surface area contributed by atoms with Crippen LogP contribution in [0.15, 0.2) is 71.4 Å². The molecule has 4 rings (SSSR count). The first kappa shape index (κ1) is 22.3. The molecular formula is C23H20ClF4N3O. The molecule has 1 aliphatic heterocycles. The molecule has 168 valence electrons. The predicted octanol–water partition coefficient (Wildman–Crippen LogP) is 6.30. The van der Waals surface area contributed by atoms with Gasteiger partial charge in [-0.15, -0.1) is 0 Å². The van der Waals surface area contributed by atoms with E-state index in [4.69, 9.17) is 11.6 Å². The Bertz CT molecular complexity index is 1070. The summed E-state index contributed by atoms with van der Waals surface area (Å²) in [6.45, 7) is -0.860. The molecule has 4 nitrogen and oxygen atoms in total. The third kappa shape index (κ3) is 5.30. The minimum absolute atomic E-state index is 0.00798. The van der Waals surface area contributed by atoms with Crippen LogP contribution in [-0.4, -0.2) is 35.5 Å². The molecule has 32 heavy (non-hydrogen) atoms. The van der Waals surface area contributed by atoms with Crippen LogP contribution in [-0.2, 0) is 4.74 Å². The summed E-state index contributed by atoms with van der Waals surface area (Å²) >= 11 is 6.35. The standard InChI is InChI=1S/C23H20ClF4N3O/c24-19-3-4-21(32-13-23(26,27)28)20(25)10-16(19)8-14-5-7-30-22-18(14)9-17(12-31-22)15-2-1-6-29-11-15/h1-4,6,9-12,14,20H,5,7-8,13H2,(H,30,31). The van der Waals surface area contributed by atoms with E-state index in [-0.39, 0.29) is 11.0 Å². The average molecular weight is 466 g/mol. The number of rotatable bonds is 5. The molecule has 2 unspecified atom stereocenters. The number of halogens is 5. The summed E-state index contributed by atoms with van der Waals surface area (Å²) in [7, 11) is 0. The second-order valence-corrected chi connectivity index (χ2v) is 8.01. The molecule has 2 aromatic rings. The lowest BCUT2D eigenvalue weighted by Crippen LogP contribution is -2.20. The van der Waals surface area contributed by atoms with E-state index in [1.165, 1.54) is 12.2 Å². The monoisotopic (exact) mass is 465 g/mol. The molecule has 0 bridgehead atoms. The van der Waals surface area contributed by atoms with Crippen LogP contribution in [0.1, 0.15) is 24.3 Å². The Hall–Kier alpha value is -2.87. The maximum atomic E-state index is 14.7. The Morgan fingerprint density at radius 1 is 1.19 bits per heavy atom. The summed E-state index contributed by atoms with van der Waals surface area (Å²) in [5.74, 6) is 0.350. The molecule has 9 heteroatoms. The second-order valence-electron chi connectivity index (χ2n) is 7.60. The molecule has 1 N–H and O–H groups in total. The van der Waals surface area contributed by atoms with E-state index in [1.54, 1.807) is 18.6 Å². The molecule has 0 amide bonds. The Morgan fingerprint density at radius 2 is 2.03 bits per heavy atom. The Kier molecular flexibility index (Phi) is 6.50. The Balaban J connectivity index is 1.56. The fourth-order valence-electron chi connectivity index (χ4n) is 3.78. The van der Waals surface area contributed by atoms with Gasteiger partial charge in [-0.1, -0.05) is 17.7 Å². The lowest BCUT2D eigenvalue weighted by molar-refractivity contribution is -0.166. The van der Waals surface area contributed by atoms with Crippen LogP contribution in [0.25, 0.3) is 11.1 Å². The van der Waals surface area contributed by atoms with Crippen molar-refractivity contribution in [2.75, 3.05) is 18.5 Å². The van der Waals surface area contributed by atoms with Gasteiger partial charge in [0.15, 0.2) is 12.8 Å². The van der Waals surface area contributed by atoms with Crippen LogP contribution in [0.3, 0.4) is 0 Å². The van der Waals surface area contributed by atoms with Gasteiger partial charge in [-0.25, -0.2) is 9.37 Å². The first-order valence-electron chi connectivity index (χ1n) is 10.1. The molecular weight excluding hydrogens is 446 g/mol. The highest BCUT2D eigenvalue weighted by Crippen LogP contribution is 2.39. The highest BCUT2D eigenvalue weighted by Gasteiger charge is 2.31. The van der Waals surface area contributed by atoms with Gasteiger partial charge in [0, 0.05) is 41.3 Å². The van der Waals surface area contributed by atoms with E-state index in [0.717, 1.165) is 35.0 Å². The summed E-state index contributed by atoms with van der Waals surface area (Å²) in [5.41, 5.74) is 3.34. The van der Waals surface area contributed by atoms with Crippen molar-refractivity contribution in [2.24, 2.45) is 0 Å². The Morgan fingerprint density at radius 3 is 2.78 bits per heavy atom. The van der Waals surface area contributed by atoms with Crippen molar-refractivity contribution in [3.63, 3.8) is 0 Å². The summed E-state index contributed by atoms with van der Waals surface area (Å²) in [6, 6.07) is 5.82. The van der Waals surface area contributed by atoms with Gasteiger partial charge >= 0.3 is 6.18 Å². The van der Waals surface area contributed by atoms with E-state index in [9.17, 15) is 17.6 Å². The van der Waals surface area contributed by atoms with Crippen LogP contribution < -0.4 is 5.32 Å². The van der Waals surface area contributed by atoms with E-state index >= 15 is 0 Å². The molecule has 0 fully saturated rings. The summed E-state index contributed by atoms with van der Waals surface area (Å²) < 4.78 is 56.7. The number of pyridine rings is 2. The minimum Gasteiger partial charge on any atom is -0.485 e. The van der Waals surface area contributed by atoms with Crippen molar-refractivity contribution in [3.05, 3.63) is 76.9 Å². The van der Waals surface area contributed by atoms with Gasteiger partial charge in [0.2, 0.25) is 0 Å². The highest BCUT2D eigenvalue weighted by atomic mass is 35.5. The molecule has 3 heterocycles. The summed E-state index contributed by atoms with van der Waals surface area (Å²) in [6.07, 6.45) is 3.81. The van der Waals surface area contributed by atoms with Crippen molar-refractivity contribution in [2.45, 2.75) is 31.1 Å². The fourth-order valence-corrected chi connectivity index (χ4v) is 3.98. The maximum absolute atomic E-state index is 14.7. The summed E-state index contributed by atoms with van der Waals surface area (Å²) in [4.78, 5) is 8.68. The van der Waals surface area contributed by atoms with Crippen LogP contribution in [0, 0.1) is 0 Å². The fraction of sp³-hybridized carbons (Fsp3) is 0.304. The van der Waals surface area contributed by atoms with Crippen molar-refractivity contribution < 1.29 is 22.3 Å². The first-order chi connectivity index (χ1) is 15.3. The van der Waals surface area contributed by atoms with Crippen molar-refractivity contribution >= 4 is 17.4 Å². The number of nitrogens with one attached hydrogen (secondary N) is 1. The van der Waals surface area contributed by atoms with Gasteiger partial charge in [0.05, 0.1) is 0 Å². The molecule has 0 radical (unpaired) electrons. The molecule has 0 saturated carbocycles. The van der Waals surface area contributed by atoms with Gasteiger partial charge < -0.3 is 10.1 Å². The molecule has 2 aromatic heterocycles. The molecule has 0 spiro atoms. The number of hydrogen-bond donors (Lipinski definition) is 1. The van der Waals surface area contributed by atoms with Gasteiger partial charge in [-0.05, 0) is 60.3 Å². The third-order valence-corrected chi connectivity index (χ3v) is 5.69. The summed E-state index contributed by atoms with van der Waals surface area (Å²) in [5, 5.41) is 3.55. The van der Waals surface area contributed by atoms with E-state index in [1.807, 2.05) is 18.2 Å².